The Morgan fingerprint density at radius 2 is 1.64 bits per heavy atom. The van der Waals surface area contributed by atoms with E-state index < -0.39 is 111 Å². The maximum absolute atomic E-state index is 14.6. The average Bonchev–Trinajstić information content (AvgIpc) is 3.44. The number of benzene rings is 2. The number of ketones is 3. The zero-order chi connectivity index (χ0) is 43.0. The number of fused-ring (bicyclic) bond motifs is 14. The van der Waals surface area contributed by atoms with Gasteiger partial charge in [0.25, 0.3) is 11.7 Å². The molecule has 0 fully saturated rings. The van der Waals surface area contributed by atoms with Crippen molar-refractivity contribution < 1.29 is 58.2 Å². The predicted octanol–water partition coefficient (Wildman–Crippen LogP) is 5.72. The summed E-state index contributed by atoms with van der Waals surface area (Å²) in [5.74, 6) is -9.62. The van der Waals surface area contributed by atoms with Crippen LogP contribution in [-0.4, -0.2) is 81.9 Å². The van der Waals surface area contributed by atoms with Gasteiger partial charge in [0, 0.05) is 66.5 Å². The van der Waals surface area contributed by atoms with Gasteiger partial charge in [-0.05, 0) is 38.1 Å². The van der Waals surface area contributed by atoms with Crippen molar-refractivity contribution in [2.45, 2.75) is 85.6 Å². The average molecular weight is 821 g/mol. The fourth-order valence-electron chi connectivity index (χ4n) is 7.52. The number of esters is 1. The van der Waals surface area contributed by atoms with Crippen LogP contribution in [0, 0.1) is 30.6 Å². The number of rotatable bonds is 4. The number of amides is 1. The summed E-state index contributed by atoms with van der Waals surface area (Å²) in [6.07, 6.45) is 3.25. The Morgan fingerprint density at radius 3 is 2.28 bits per heavy atom. The Morgan fingerprint density at radius 1 is 0.948 bits per heavy atom. The van der Waals surface area contributed by atoms with Crippen LogP contribution < -0.4 is 15.4 Å². The number of aliphatic hydroxyl groups excluding tert-OH is 2. The standard InChI is InChI=1S/C43H49ClN2O12/c1-19-12-10-13-20(2)42(54)46-33-32(45-27-15-11-14-26(44)18-27)37(51)29-30(38(33)52)36(50)24(6)40-31(29)41(53)43(8,58-40)56-17-16-28(55-9)21(3)39(57-25(7)47)23(5)35(49)22(4)34(19)48/h10-19,21-23,28,34-35,39,45,48-50H,1-9H3,(H,46,54)/b12-10+,17-16+,20-13-/t19-,21+,22+,23-,28-,34-,35-,39+,43-/m0/s1. The van der Waals surface area contributed by atoms with Crippen molar-refractivity contribution in [1.82, 2.24) is 5.32 Å². The summed E-state index contributed by atoms with van der Waals surface area (Å²) in [5, 5.41) is 40.0. The van der Waals surface area contributed by atoms with Crippen molar-refractivity contribution >= 4 is 46.5 Å². The van der Waals surface area contributed by atoms with Crippen molar-refractivity contribution in [2.75, 3.05) is 12.4 Å². The molecule has 0 unspecified atom stereocenters. The van der Waals surface area contributed by atoms with E-state index in [1.807, 2.05) is 0 Å². The first-order chi connectivity index (χ1) is 27.2. The minimum Gasteiger partial charge on any atom is -0.507 e. The van der Waals surface area contributed by atoms with Gasteiger partial charge in [0.15, 0.2) is 0 Å². The molecular formula is C43H49ClN2O12. The Labute approximate surface area is 341 Å². The quantitative estimate of drug-likeness (QED) is 0.234. The number of aliphatic hydroxyl groups is 2. The molecule has 310 valence electrons. The van der Waals surface area contributed by atoms with Gasteiger partial charge in [-0.1, -0.05) is 63.6 Å². The Balaban J connectivity index is 1.68. The van der Waals surface area contributed by atoms with Gasteiger partial charge in [-0.25, -0.2) is 0 Å². The number of phenolic OH excluding ortho intramolecular Hbond substituents is 1. The molecule has 58 heavy (non-hydrogen) atoms. The number of hydrogen-bond donors (Lipinski definition) is 5. The van der Waals surface area contributed by atoms with E-state index in [0.717, 1.165) is 6.26 Å². The normalized spacial score (nSPS) is 31.4. The van der Waals surface area contributed by atoms with Crippen molar-refractivity contribution in [2.24, 2.45) is 23.7 Å². The maximum atomic E-state index is 14.6. The van der Waals surface area contributed by atoms with Crippen molar-refractivity contribution in [3.8, 4) is 11.5 Å². The van der Waals surface area contributed by atoms with Gasteiger partial charge in [0.2, 0.25) is 11.6 Å². The summed E-state index contributed by atoms with van der Waals surface area (Å²) >= 11 is 6.22. The van der Waals surface area contributed by atoms with Crippen molar-refractivity contribution in [3.63, 3.8) is 0 Å². The molecule has 5 bridgehead atoms. The SMILES string of the molecule is CO[C@H]1/C=C/O[C@@]2(C)Oc3c(C)c(O)c4c(c3C2=O)C(=O)C(Nc2cccc(Cl)c2)=C(NC(=O)/C(C)=C\C=C\[C@H](C)[C@H](O)[C@@H](C)[C@H](O)[C@H](C)[C@H](OC(C)=O)[C@@H]1C)C4=O. The molecule has 0 aromatic heterocycles. The molecule has 5 N–H and O–H groups in total. The largest absolute Gasteiger partial charge is 0.507 e. The van der Waals surface area contributed by atoms with Crippen LogP contribution in [0.3, 0.4) is 0 Å². The highest BCUT2D eigenvalue weighted by atomic mass is 35.5. The molecule has 4 aliphatic rings. The molecule has 3 heterocycles. The third-order valence-electron chi connectivity index (χ3n) is 11.1. The van der Waals surface area contributed by atoms with Gasteiger partial charge in [-0.15, -0.1) is 0 Å². The number of nitrogens with one attached hydrogen (secondary N) is 2. The monoisotopic (exact) mass is 820 g/mol. The van der Waals surface area contributed by atoms with Crippen LogP contribution in [-0.2, 0) is 23.8 Å². The number of carbonyl (C=O) groups is 5. The lowest BCUT2D eigenvalue weighted by atomic mass is 9.78. The van der Waals surface area contributed by atoms with E-state index >= 15 is 0 Å². The van der Waals surface area contributed by atoms with Crippen LogP contribution in [0.25, 0.3) is 0 Å². The summed E-state index contributed by atoms with van der Waals surface area (Å²) in [4.78, 5) is 69.4. The molecule has 1 amide bonds. The number of hydrogen-bond acceptors (Lipinski definition) is 13. The molecule has 0 saturated carbocycles. The summed E-state index contributed by atoms with van der Waals surface area (Å²) in [6, 6.07) is 6.25. The van der Waals surface area contributed by atoms with Gasteiger partial charge in [-0.2, -0.15) is 0 Å². The van der Waals surface area contributed by atoms with Gasteiger partial charge in [-0.3, -0.25) is 24.0 Å². The minimum atomic E-state index is -2.11. The van der Waals surface area contributed by atoms with Crippen LogP contribution in [0.1, 0.15) is 85.1 Å². The fourth-order valence-corrected chi connectivity index (χ4v) is 7.71. The summed E-state index contributed by atoms with van der Waals surface area (Å²) < 4.78 is 23.4. The van der Waals surface area contributed by atoms with Crippen LogP contribution in [0.15, 0.2) is 71.8 Å². The van der Waals surface area contributed by atoms with E-state index in [0.29, 0.717) is 5.02 Å². The molecule has 15 heteroatoms. The zero-order valence-electron chi connectivity index (χ0n) is 33.7. The molecule has 2 aromatic rings. The number of phenols is 1. The summed E-state index contributed by atoms with van der Waals surface area (Å²) in [5.41, 5.74) is -1.85. The van der Waals surface area contributed by atoms with Crippen LogP contribution in [0.5, 0.6) is 11.5 Å². The predicted molar refractivity (Wildman–Crippen MR) is 213 cm³/mol. The first-order valence-corrected chi connectivity index (χ1v) is 19.2. The molecule has 14 nitrogen and oxygen atoms in total. The van der Waals surface area contributed by atoms with Gasteiger partial charge < -0.3 is 44.9 Å². The molecule has 0 saturated heterocycles. The molecule has 6 rings (SSSR count). The Kier molecular flexibility index (Phi) is 13.1. The van der Waals surface area contributed by atoms with Crippen LogP contribution >= 0.6 is 11.6 Å². The van der Waals surface area contributed by atoms with Gasteiger partial charge in [0.05, 0.1) is 41.3 Å². The molecular weight excluding hydrogens is 772 g/mol. The number of methoxy groups -OCH3 is 1. The van der Waals surface area contributed by atoms with Gasteiger partial charge in [0.1, 0.15) is 29.0 Å². The second-order valence-corrected chi connectivity index (χ2v) is 15.6. The third-order valence-corrected chi connectivity index (χ3v) is 11.3. The molecule has 3 aliphatic heterocycles. The first-order valence-electron chi connectivity index (χ1n) is 18.8. The molecule has 2 aromatic carbocycles. The van der Waals surface area contributed by atoms with E-state index in [4.69, 9.17) is 30.5 Å². The highest BCUT2D eigenvalue weighted by Gasteiger charge is 2.53. The molecule has 0 spiro atoms. The van der Waals surface area contributed by atoms with E-state index in [9.17, 15) is 39.3 Å². The second-order valence-electron chi connectivity index (χ2n) is 15.2. The highest BCUT2D eigenvalue weighted by molar-refractivity contribution is 6.33. The summed E-state index contributed by atoms with van der Waals surface area (Å²) in [7, 11) is 1.41. The van der Waals surface area contributed by atoms with E-state index in [1.165, 1.54) is 59.1 Å². The number of ether oxygens (including phenoxy) is 4. The van der Waals surface area contributed by atoms with Gasteiger partial charge >= 0.3 is 11.8 Å². The number of anilines is 1. The summed E-state index contributed by atoms with van der Waals surface area (Å²) in [6.45, 7) is 12.2. The lowest BCUT2D eigenvalue weighted by molar-refractivity contribution is -0.160. The fraction of sp³-hybridized carbons (Fsp3) is 0.419. The highest BCUT2D eigenvalue weighted by Crippen LogP contribution is 2.48. The maximum Gasteiger partial charge on any atom is 0.312 e. The molecule has 0 radical (unpaired) electrons. The van der Waals surface area contributed by atoms with Crippen LogP contribution in [0.2, 0.25) is 5.02 Å². The van der Waals surface area contributed by atoms with E-state index in [1.54, 1.807) is 52.0 Å². The molecule has 1 aliphatic carbocycles. The zero-order valence-corrected chi connectivity index (χ0v) is 34.5. The van der Waals surface area contributed by atoms with E-state index in [2.05, 4.69) is 10.6 Å². The van der Waals surface area contributed by atoms with Crippen LogP contribution in [0.4, 0.5) is 5.69 Å². The Hall–Kier alpha value is -5.28. The lowest BCUT2D eigenvalue weighted by Gasteiger charge is -2.38. The third kappa shape index (κ3) is 8.33. The van der Waals surface area contributed by atoms with E-state index in [-0.39, 0.29) is 28.1 Å². The number of halogens is 1. The van der Waals surface area contributed by atoms with Crippen molar-refractivity contribution in [3.05, 3.63) is 99.1 Å². The number of Topliss-reactive ketones (excluding diaryl/α,β-unsaturated/α-hetero) is 3. The number of allylic oxidation sites excluding steroid dienone is 4. The molecule has 9 atom stereocenters. The Bertz CT molecular complexity index is 2160. The number of carbonyl (C=O) groups excluding carboxylic acids is 5. The van der Waals surface area contributed by atoms with Crippen molar-refractivity contribution in [1.29, 1.82) is 0 Å². The minimum absolute atomic E-state index is 0.0334. The first kappa shape index (κ1) is 43.8. The number of aromatic hydroxyl groups is 1. The topological polar surface area (TPSA) is 207 Å². The lowest BCUT2D eigenvalue weighted by Crippen LogP contribution is -2.46. The smallest absolute Gasteiger partial charge is 0.312 e. The second kappa shape index (κ2) is 17.3.